The predicted molar refractivity (Wildman–Crippen MR) is 146 cm³/mol. The number of rotatable bonds is 5. The lowest BCUT2D eigenvalue weighted by Gasteiger charge is -2.29. The van der Waals surface area contributed by atoms with Gasteiger partial charge in [0.1, 0.15) is 11.2 Å². The van der Waals surface area contributed by atoms with Crippen LogP contribution in [0.1, 0.15) is 65.5 Å². The lowest BCUT2D eigenvalue weighted by Crippen LogP contribution is -2.41. The van der Waals surface area contributed by atoms with Crippen molar-refractivity contribution in [3.63, 3.8) is 0 Å². The van der Waals surface area contributed by atoms with Gasteiger partial charge in [0.15, 0.2) is 0 Å². The van der Waals surface area contributed by atoms with Gasteiger partial charge in [-0.15, -0.1) is 0 Å². The summed E-state index contributed by atoms with van der Waals surface area (Å²) in [6.45, 7) is 10.7. The molecular formula is C29H31ClF3N3O5. The molecular weight excluding hydrogens is 563 g/mol. The lowest BCUT2D eigenvalue weighted by molar-refractivity contribution is -0.155. The molecule has 2 aromatic carbocycles. The molecule has 0 aliphatic carbocycles. The van der Waals surface area contributed by atoms with Gasteiger partial charge in [-0.05, 0) is 96.3 Å². The van der Waals surface area contributed by atoms with E-state index in [1.54, 1.807) is 64.6 Å². The Balaban J connectivity index is 1.60. The second-order valence-electron chi connectivity index (χ2n) is 11.8. The smallest absolute Gasteiger partial charge is 0.417 e. The van der Waals surface area contributed by atoms with E-state index in [-0.39, 0.29) is 35.7 Å². The average molecular weight is 594 g/mol. The van der Waals surface area contributed by atoms with Gasteiger partial charge in [0.2, 0.25) is 5.82 Å². The Morgan fingerprint density at radius 2 is 1.66 bits per heavy atom. The highest BCUT2D eigenvalue weighted by Crippen LogP contribution is 2.39. The maximum absolute atomic E-state index is 13.3. The van der Waals surface area contributed by atoms with Crippen LogP contribution in [-0.2, 0) is 26.9 Å². The van der Waals surface area contributed by atoms with Gasteiger partial charge in [0.25, 0.3) is 5.89 Å². The summed E-state index contributed by atoms with van der Waals surface area (Å²) in [5, 5.41) is 3.52. The molecule has 0 fully saturated rings. The number of anilines is 1. The molecule has 41 heavy (non-hydrogen) atoms. The highest BCUT2D eigenvalue weighted by atomic mass is 35.5. The lowest BCUT2D eigenvalue weighted by atomic mass is 10.0. The summed E-state index contributed by atoms with van der Waals surface area (Å²) in [7, 11) is 0. The van der Waals surface area contributed by atoms with Crippen LogP contribution in [-0.4, -0.2) is 39.4 Å². The zero-order chi connectivity index (χ0) is 30.3. The van der Waals surface area contributed by atoms with Crippen molar-refractivity contribution in [2.75, 3.05) is 4.90 Å². The number of fused-ring (bicyclic) bond motifs is 1. The molecule has 1 atom stereocenters. The van der Waals surface area contributed by atoms with Crippen molar-refractivity contribution in [2.24, 2.45) is 0 Å². The van der Waals surface area contributed by atoms with Crippen LogP contribution in [0.2, 0.25) is 5.02 Å². The molecule has 0 saturated carbocycles. The second-order valence-corrected chi connectivity index (χ2v) is 12.2. The van der Waals surface area contributed by atoms with E-state index in [4.69, 9.17) is 25.6 Å². The molecule has 0 radical (unpaired) electrons. The first-order valence-electron chi connectivity index (χ1n) is 13.0. The number of hydrogen-bond acceptors (Lipinski definition) is 7. The number of alkyl halides is 3. The maximum atomic E-state index is 13.3. The van der Waals surface area contributed by atoms with Crippen molar-refractivity contribution in [3.8, 4) is 22.8 Å². The Hall–Kier alpha value is -3.60. The van der Waals surface area contributed by atoms with Crippen molar-refractivity contribution in [2.45, 2.75) is 84.2 Å². The molecule has 1 aliphatic rings. The summed E-state index contributed by atoms with van der Waals surface area (Å²) in [6, 6.07) is 8.19. The molecule has 220 valence electrons. The number of hydrogen-bond donors (Lipinski definition) is 0. The summed E-state index contributed by atoms with van der Waals surface area (Å²) < 4.78 is 56.3. The number of carbonyl (C=O) groups excluding carboxylic acids is 2. The first-order valence-corrected chi connectivity index (χ1v) is 13.4. The molecule has 0 N–H and O–H groups in total. The molecule has 1 unspecified atom stereocenters. The van der Waals surface area contributed by atoms with Crippen LogP contribution in [0.25, 0.3) is 22.8 Å². The monoisotopic (exact) mass is 593 g/mol. The third-order valence-corrected chi connectivity index (χ3v) is 6.38. The number of amides is 1. The zero-order valence-corrected chi connectivity index (χ0v) is 24.3. The fourth-order valence-electron chi connectivity index (χ4n) is 4.47. The van der Waals surface area contributed by atoms with Crippen LogP contribution in [0.3, 0.4) is 0 Å². The summed E-state index contributed by atoms with van der Waals surface area (Å²) in [4.78, 5) is 31.4. The van der Waals surface area contributed by atoms with E-state index in [1.165, 1.54) is 6.07 Å². The van der Waals surface area contributed by atoms with E-state index < -0.39 is 34.1 Å². The molecule has 1 aromatic heterocycles. The van der Waals surface area contributed by atoms with Crippen LogP contribution < -0.4 is 4.90 Å². The number of carbonyl (C=O) groups is 2. The summed E-state index contributed by atoms with van der Waals surface area (Å²) in [6.07, 6.45) is -4.29. The van der Waals surface area contributed by atoms with Gasteiger partial charge in [-0.1, -0.05) is 16.8 Å². The zero-order valence-electron chi connectivity index (χ0n) is 23.6. The van der Waals surface area contributed by atoms with Crippen LogP contribution in [0.4, 0.5) is 23.7 Å². The third-order valence-electron chi connectivity index (χ3n) is 6.05. The second kappa shape index (κ2) is 11.0. The summed E-state index contributed by atoms with van der Waals surface area (Å²) in [5.41, 5.74) is -0.342. The van der Waals surface area contributed by atoms with E-state index in [1.807, 2.05) is 0 Å². The quantitative estimate of drug-likeness (QED) is 0.278. The minimum Gasteiger partial charge on any atom is -0.460 e. The van der Waals surface area contributed by atoms with E-state index >= 15 is 0 Å². The van der Waals surface area contributed by atoms with E-state index in [9.17, 15) is 22.8 Å². The van der Waals surface area contributed by atoms with Crippen molar-refractivity contribution in [1.82, 2.24) is 10.1 Å². The molecule has 1 aliphatic heterocycles. The van der Waals surface area contributed by atoms with Gasteiger partial charge in [0, 0.05) is 23.6 Å². The third kappa shape index (κ3) is 7.38. The Labute approximate surface area is 240 Å². The predicted octanol–water partition coefficient (Wildman–Crippen LogP) is 7.86. The summed E-state index contributed by atoms with van der Waals surface area (Å²) in [5.74, 6) is -0.311. The standard InChI is InChI=1S/C29H31ClF3N3O5/c1-27(2,3)39-23(37)12-9-19-14-18-13-16(8-11-22(18)36(19)26(38)40-28(4,5)6)24-34-25(41-35-24)17-7-10-21(30)20(15-17)29(31,32)33/h7-8,10-11,13,15,19H,9,12,14H2,1-6H3. The SMILES string of the molecule is CC(C)(C)OC(=O)CCC1Cc2cc(-c3noc(-c4ccc(Cl)c(C(F)(F)F)c4)n3)ccc2N1C(=O)OC(C)(C)C. The normalized spacial score (nSPS) is 15.6. The number of nitrogens with zero attached hydrogens (tertiary/aromatic N) is 3. The number of halogens is 4. The van der Waals surface area contributed by atoms with Crippen LogP contribution in [0, 0.1) is 0 Å². The Kier molecular flexibility index (Phi) is 8.14. The Morgan fingerprint density at radius 3 is 2.29 bits per heavy atom. The van der Waals surface area contributed by atoms with Crippen molar-refractivity contribution in [3.05, 3.63) is 52.5 Å². The van der Waals surface area contributed by atoms with Crippen LogP contribution in [0.5, 0.6) is 0 Å². The van der Waals surface area contributed by atoms with Gasteiger partial charge in [-0.2, -0.15) is 18.2 Å². The number of esters is 1. The Bertz CT molecular complexity index is 1460. The Morgan fingerprint density at radius 1 is 1.00 bits per heavy atom. The molecule has 1 amide bonds. The van der Waals surface area contributed by atoms with Gasteiger partial charge in [-0.3, -0.25) is 9.69 Å². The first-order chi connectivity index (χ1) is 18.9. The topological polar surface area (TPSA) is 94.8 Å². The van der Waals surface area contributed by atoms with Gasteiger partial charge >= 0.3 is 18.2 Å². The molecule has 0 spiro atoms. The van der Waals surface area contributed by atoms with Crippen molar-refractivity contribution in [1.29, 1.82) is 0 Å². The van der Waals surface area contributed by atoms with Gasteiger partial charge in [0.05, 0.1) is 16.3 Å². The van der Waals surface area contributed by atoms with Crippen molar-refractivity contribution >= 4 is 29.4 Å². The molecule has 0 bridgehead atoms. The number of aromatic nitrogens is 2. The van der Waals surface area contributed by atoms with Crippen LogP contribution >= 0.6 is 11.6 Å². The molecule has 3 aromatic rings. The molecule has 12 heteroatoms. The number of ether oxygens (including phenoxy) is 2. The highest BCUT2D eigenvalue weighted by molar-refractivity contribution is 6.31. The molecule has 0 saturated heterocycles. The van der Waals surface area contributed by atoms with Gasteiger partial charge in [-0.25, -0.2) is 4.79 Å². The molecule has 2 heterocycles. The van der Waals surface area contributed by atoms with E-state index in [0.29, 0.717) is 24.1 Å². The summed E-state index contributed by atoms with van der Waals surface area (Å²) >= 11 is 5.72. The van der Waals surface area contributed by atoms with Crippen LogP contribution in [0.15, 0.2) is 40.9 Å². The minimum absolute atomic E-state index is 0.0694. The van der Waals surface area contributed by atoms with E-state index in [2.05, 4.69) is 10.1 Å². The minimum atomic E-state index is -4.64. The molecule has 4 rings (SSSR count). The van der Waals surface area contributed by atoms with E-state index in [0.717, 1.165) is 17.7 Å². The van der Waals surface area contributed by atoms with Gasteiger partial charge < -0.3 is 14.0 Å². The maximum Gasteiger partial charge on any atom is 0.417 e. The first kappa shape index (κ1) is 30.4. The average Bonchev–Trinajstić information content (AvgIpc) is 3.44. The highest BCUT2D eigenvalue weighted by Gasteiger charge is 2.38. The largest absolute Gasteiger partial charge is 0.460 e. The fraction of sp³-hybridized carbons (Fsp3) is 0.448. The van der Waals surface area contributed by atoms with Crippen molar-refractivity contribution < 1.29 is 36.8 Å². The fourth-order valence-corrected chi connectivity index (χ4v) is 4.69. The number of benzene rings is 2. The molecule has 8 nitrogen and oxygen atoms in total.